The number of halogens is 1. The number of likely N-dealkylation sites (N-methyl/N-ethyl adjacent to an activating group) is 1. The Morgan fingerprint density at radius 2 is 2.05 bits per heavy atom. The molecule has 3 nitrogen and oxygen atoms in total. The monoisotopic (exact) mass is 288 g/mol. The molecule has 1 N–H and O–H groups in total. The number of methoxy groups -OCH3 is 1. The van der Waals surface area contributed by atoms with Crippen LogP contribution in [-0.4, -0.2) is 25.2 Å². The van der Waals surface area contributed by atoms with Crippen molar-refractivity contribution >= 4 is 0 Å². The number of rotatable bonds is 6. The lowest BCUT2D eigenvalue weighted by molar-refractivity contribution is 0.397. The maximum Gasteiger partial charge on any atom is 0.212 e. The van der Waals surface area contributed by atoms with Crippen LogP contribution in [0.4, 0.5) is 4.39 Å². The quantitative estimate of drug-likeness (QED) is 0.887. The summed E-state index contributed by atoms with van der Waals surface area (Å²) in [6.07, 6.45) is 3.56. The molecule has 1 aromatic carbocycles. The molecule has 1 heterocycles. The first-order chi connectivity index (χ1) is 10.1. The number of ether oxygens (including phenoxy) is 1. The average molecular weight is 288 g/mol. The van der Waals surface area contributed by atoms with Gasteiger partial charge in [0.15, 0.2) is 0 Å². The number of nitrogens with one attached hydrogen (secondary N) is 1. The Labute approximate surface area is 125 Å². The summed E-state index contributed by atoms with van der Waals surface area (Å²) >= 11 is 0. The highest BCUT2D eigenvalue weighted by molar-refractivity contribution is 5.28. The van der Waals surface area contributed by atoms with Crippen molar-refractivity contribution in [3.05, 3.63) is 59.0 Å². The summed E-state index contributed by atoms with van der Waals surface area (Å²) < 4.78 is 18.2. The van der Waals surface area contributed by atoms with Crippen LogP contribution in [0.1, 0.15) is 16.7 Å². The van der Waals surface area contributed by atoms with E-state index in [2.05, 4.69) is 10.3 Å². The molecule has 1 atom stereocenters. The van der Waals surface area contributed by atoms with E-state index in [4.69, 9.17) is 4.74 Å². The molecule has 0 saturated heterocycles. The van der Waals surface area contributed by atoms with Crippen molar-refractivity contribution in [2.75, 3.05) is 14.2 Å². The van der Waals surface area contributed by atoms with E-state index in [9.17, 15) is 4.39 Å². The van der Waals surface area contributed by atoms with Crippen molar-refractivity contribution < 1.29 is 9.13 Å². The van der Waals surface area contributed by atoms with Gasteiger partial charge in [0.25, 0.3) is 0 Å². The molecule has 0 saturated carbocycles. The second-order valence-corrected chi connectivity index (χ2v) is 5.17. The van der Waals surface area contributed by atoms with E-state index >= 15 is 0 Å². The van der Waals surface area contributed by atoms with E-state index in [1.54, 1.807) is 13.2 Å². The molecule has 0 radical (unpaired) electrons. The van der Waals surface area contributed by atoms with Crippen LogP contribution in [0.25, 0.3) is 0 Å². The van der Waals surface area contributed by atoms with Gasteiger partial charge in [0.1, 0.15) is 5.82 Å². The van der Waals surface area contributed by atoms with Gasteiger partial charge in [-0.3, -0.25) is 0 Å². The van der Waals surface area contributed by atoms with Gasteiger partial charge in [0.2, 0.25) is 5.88 Å². The minimum Gasteiger partial charge on any atom is -0.481 e. The fourth-order valence-corrected chi connectivity index (χ4v) is 2.37. The van der Waals surface area contributed by atoms with E-state index in [0.29, 0.717) is 5.88 Å². The van der Waals surface area contributed by atoms with Gasteiger partial charge in [-0.1, -0.05) is 12.1 Å². The first kappa shape index (κ1) is 15.4. The van der Waals surface area contributed by atoms with Crippen LogP contribution in [-0.2, 0) is 12.8 Å². The van der Waals surface area contributed by atoms with E-state index in [1.807, 2.05) is 38.4 Å². The number of hydrogen-bond acceptors (Lipinski definition) is 3. The molecule has 1 unspecified atom stereocenters. The molecule has 21 heavy (non-hydrogen) atoms. The molecule has 2 rings (SSSR count). The zero-order valence-corrected chi connectivity index (χ0v) is 12.7. The lowest BCUT2D eigenvalue weighted by Crippen LogP contribution is -2.30. The van der Waals surface area contributed by atoms with Gasteiger partial charge in [-0.25, -0.2) is 9.37 Å². The van der Waals surface area contributed by atoms with Gasteiger partial charge >= 0.3 is 0 Å². The lowest BCUT2D eigenvalue weighted by Gasteiger charge is -2.17. The summed E-state index contributed by atoms with van der Waals surface area (Å²) in [5.41, 5.74) is 3.30. The maximum absolute atomic E-state index is 13.1. The summed E-state index contributed by atoms with van der Waals surface area (Å²) in [6, 6.07) is 9.13. The van der Waals surface area contributed by atoms with Crippen molar-refractivity contribution in [2.24, 2.45) is 0 Å². The molecule has 0 fully saturated rings. The Kier molecular flexibility index (Phi) is 5.28. The van der Waals surface area contributed by atoms with E-state index in [0.717, 1.165) is 29.5 Å². The molecular weight excluding hydrogens is 267 g/mol. The molecule has 0 bridgehead atoms. The van der Waals surface area contributed by atoms with Crippen LogP contribution >= 0.6 is 0 Å². The van der Waals surface area contributed by atoms with Crippen molar-refractivity contribution in [1.29, 1.82) is 0 Å². The predicted molar refractivity (Wildman–Crippen MR) is 82.2 cm³/mol. The van der Waals surface area contributed by atoms with Crippen molar-refractivity contribution in [2.45, 2.75) is 25.8 Å². The maximum atomic E-state index is 13.1. The van der Waals surface area contributed by atoms with Crippen molar-refractivity contribution in [1.82, 2.24) is 10.3 Å². The van der Waals surface area contributed by atoms with Crippen LogP contribution in [0, 0.1) is 12.7 Å². The fourth-order valence-electron chi connectivity index (χ4n) is 2.37. The molecule has 0 aliphatic heterocycles. The van der Waals surface area contributed by atoms with Crippen LogP contribution in [0.2, 0.25) is 0 Å². The lowest BCUT2D eigenvalue weighted by atomic mass is 9.97. The Bertz CT molecular complexity index is 584. The van der Waals surface area contributed by atoms with Gasteiger partial charge < -0.3 is 10.1 Å². The van der Waals surface area contributed by atoms with Crippen LogP contribution < -0.4 is 10.1 Å². The third-order valence-electron chi connectivity index (χ3n) is 3.67. The smallest absolute Gasteiger partial charge is 0.212 e. The molecule has 1 aromatic heterocycles. The first-order valence-corrected chi connectivity index (χ1v) is 7.03. The summed E-state index contributed by atoms with van der Waals surface area (Å²) in [5, 5.41) is 3.32. The van der Waals surface area contributed by atoms with Gasteiger partial charge in [-0.05, 0) is 55.6 Å². The zero-order chi connectivity index (χ0) is 15.2. The Morgan fingerprint density at radius 3 is 2.62 bits per heavy atom. The number of aryl methyl sites for hydroxylation is 1. The molecule has 0 aliphatic carbocycles. The zero-order valence-electron chi connectivity index (χ0n) is 12.7. The normalized spacial score (nSPS) is 12.2. The summed E-state index contributed by atoms with van der Waals surface area (Å²) in [7, 11) is 3.55. The average Bonchev–Trinajstić information content (AvgIpc) is 2.49. The Hall–Kier alpha value is -1.94. The standard InChI is InChI=1S/C17H21FN2O/c1-12-8-15(18)6-5-14(12)10-16(19-2)9-13-4-7-17(21-3)20-11-13/h4-8,11,16,19H,9-10H2,1-3H3. The summed E-state index contributed by atoms with van der Waals surface area (Å²) in [6.45, 7) is 1.94. The van der Waals surface area contributed by atoms with E-state index < -0.39 is 0 Å². The van der Waals surface area contributed by atoms with Gasteiger partial charge in [-0.2, -0.15) is 0 Å². The minimum atomic E-state index is -0.184. The Morgan fingerprint density at radius 1 is 1.24 bits per heavy atom. The first-order valence-electron chi connectivity index (χ1n) is 7.03. The Balaban J connectivity index is 2.05. The van der Waals surface area contributed by atoms with Crippen LogP contribution in [0.5, 0.6) is 5.88 Å². The highest BCUT2D eigenvalue weighted by atomic mass is 19.1. The van der Waals surface area contributed by atoms with Gasteiger partial charge in [0, 0.05) is 18.3 Å². The molecule has 4 heteroatoms. The second kappa shape index (κ2) is 7.18. The third kappa shape index (κ3) is 4.26. The van der Waals surface area contributed by atoms with E-state index in [-0.39, 0.29) is 11.9 Å². The number of aromatic nitrogens is 1. The number of pyridine rings is 1. The number of hydrogen-bond donors (Lipinski definition) is 1. The SMILES string of the molecule is CNC(Cc1ccc(OC)nc1)Cc1ccc(F)cc1C. The highest BCUT2D eigenvalue weighted by Gasteiger charge is 2.11. The van der Waals surface area contributed by atoms with Crippen molar-refractivity contribution in [3.8, 4) is 5.88 Å². The largest absolute Gasteiger partial charge is 0.481 e. The molecule has 112 valence electrons. The molecule has 0 amide bonds. The van der Waals surface area contributed by atoms with E-state index in [1.165, 1.54) is 6.07 Å². The molecule has 2 aromatic rings. The van der Waals surface area contributed by atoms with Crippen molar-refractivity contribution in [3.63, 3.8) is 0 Å². The second-order valence-electron chi connectivity index (χ2n) is 5.17. The van der Waals surface area contributed by atoms with Crippen LogP contribution in [0.15, 0.2) is 36.5 Å². The predicted octanol–water partition coefficient (Wildman–Crippen LogP) is 2.91. The number of benzene rings is 1. The number of nitrogens with zero attached hydrogens (tertiary/aromatic N) is 1. The summed E-state index contributed by atoms with van der Waals surface area (Å²) in [4.78, 5) is 4.22. The van der Waals surface area contributed by atoms with Gasteiger partial charge in [0.05, 0.1) is 7.11 Å². The molecule has 0 spiro atoms. The molecule has 0 aliphatic rings. The van der Waals surface area contributed by atoms with Crippen LogP contribution in [0.3, 0.4) is 0 Å². The summed E-state index contributed by atoms with van der Waals surface area (Å²) in [5.74, 6) is 0.436. The molecular formula is C17H21FN2O. The third-order valence-corrected chi connectivity index (χ3v) is 3.67. The topological polar surface area (TPSA) is 34.1 Å². The fraction of sp³-hybridized carbons (Fsp3) is 0.353. The highest BCUT2D eigenvalue weighted by Crippen LogP contribution is 2.15. The van der Waals surface area contributed by atoms with Gasteiger partial charge in [-0.15, -0.1) is 0 Å². The minimum absolute atomic E-state index is 0.184.